The number of benzene rings is 1. The number of halogens is 2. The van der Waals surface area contributed by atoms with Crippen LogP contribution < -0.4 is 10.1 Å². The Kier molecular flexibility index (Phi) is 4.95. The lowest BCUT2D eigenvalue weighted by atomic mass is 10.1. The smallest absolute Gasteiger partial charge is 0.166 e. The van der Waals surface area contributed by atoms with E-state index >= 15 is 0 Å². The first kappa shape index (κ1) is 14.5. The van der Waals surface area contributed by atoms with Gasteiger partial charge in [0.15, 0.2) is 11.6 Å². The standard InChI is InChI=1S/C13H19BrFNO/c1-9(8-16-13(2,3)4)17-12-6-5-10(14)7-11(12)15/h5-7,9,16H,8H2,1-4H3. The van der Waals surface area contributed by atoms with E-state index < -0.39 is 0 Å². The van der Waals surface area contributed by atoms with Gasteiger partial charge < -0.3 is 10.1 Å². The van der Waals surface area contributed by atoms with E-state index in [0.717, 1.165) is 0 Å². The molecular formula is C13H19BrFNO. The van der Waals surface area contributed by atoms with Crippen molar-refractivity contribution in [3.8, 4) is 5.75 Å². The minimum Gasteiger partial charge on any atom is -0.486 e. The highest BCUT2D eigenvalue weighted by molar-refractivity contribution is 9.10. The monoisotopic (exact) mass is 303 g/mol. The molecule has 1 atom stereocenters. The van der Waals surface area contributed by atoms with Crippen LogP contribution >= 0.6 is 15.9 Å². The molecule has 0 aliphatic rings. The fourth-order valence-electron chi connectivity index (χ4n) is 1.28. The summed E-state index contributed by atoms with van der Waals surface area (Å²) in [5.41, 5.74) is 0.0376. The molecule has 1 N–H and O–H groups in total. The molecular weight excluding hydrogens is 285 g/mol. The van der Waals surface area contributed by atoms with E-state index in [1.54, 1.807) is 12.1 Å². The molecule has 0 spiro atoms. The van der Waals surface area contributed by atoms with Crippen molar-refractivity contribution in [3.05, 3.63) is 28.5 Å². The van der Waals surface area contributed by atoms with Crippen LogP contribution in [0.3, 0.4) is 0 Å². The normalized spacial score (nSPS) is 13.5. The number of ether oxygens (including phenoxy) is 1. The fourth-order valence-corrected chi connectivity index (χ4v) is 1.61. The summed E-state index contributed by atoms with van der Waals surface area (Å²) in [5, 5.41) is 3.32. The molecule has 4 heteroatoms. The highest BCUT2D eigenvalue weighted by atomic mass is 79.9. The Balaban J connectivity index is 2.53. The molecule has 17 heavy (non-hydrogen) atoms. The zero-order valence-electron chi connectivity index (χ0n) is 10.7. The van der Waals surface area contributed by atoms with Gasteiger partial charge in [0.1, 0.15) is 6.10 Å². The van der Waals surface area contributed by atoms with E-state index in [0.29, 0.717) is 11.0 Å². The summed E-state index contributed by atoms with van der Waals surface area (Å²) in [4.78, 5) is 0. The summed E-state index contributed by atoms with van der Waals surface area (Å²) in [6.45, 7) is 8.85. The average Bonchev–Trinajstić information content (AvgIpc) is 2.18. The van der Waals surface area contributed by atoms with E-state index in [4.69, 9.17) is 4.74 Å². The first-order chi connectivity index (χ1) is 7.78. The molecule has 0 heterocycles. The topological polar surface area (TPSA) is 21.3 Å². The van der Waals surface area contributed by atoms with Crippen molar-refractivity contribution in [1.29, 1.82) is 0 Å². The maximum atomic E-state index is 13.5. The van der Waals surface area contributed by atoms with Crippen LogP contribution in [0.5, 0.6) is 5.75 Å². The molecule has 2 nitrogen and oxygen atoms in total. The number of hydrogen-bond acceptors (Lipinski definition) is 2. The SMILES string of the molecule is CC(CNC(C)(C)C)Oc1ccc(Br)cc1F. The van der Waals surface area contributed by atoms with Crippen molar-refractivity contribution in [2.24, 2.45) is 0 Å². The highest BCUT2D eigenvalue weighted by Gasteiger charge is 2.13. The summed E-state index contributed by atoms with van der Waals surface area (Å²) < 4.78 is 19.8. The third-order valence-electron chi connectivity index (χ3n) is 2.14. The Bertz CT molecular complexity index is 376. The van der Waals surface area contributed by atoms with Crippen molar-refractivity contribution in [2.45, 2.75) is 39.3 Å². The lowest BCUT2D eigenvalue weighted by Gasteiger charge is -2.24. The molecule has 1 aromatic carbocycles. The van der Waals surface area contributed by atoms with E-state index in [9.17, 15) is 4.39 Å². The summed E-state index contributed by atoms with van der Waals surface area (Å²) in [6, 6.07) is 4.80. The molecule has 1 aromatic rings. The molecule has 0 saturated heterocycles. The summed E-state index contributed by atoms with van der Waals surface area (Å²) in [7, 11) is 0. The Labute approximate surface area is 111 Å². The van der Waals surface area contributed by atoms with Gasteiger partial charge in [-0.2, -0.15) is 0 Å². The largest absolute Gasteiger partial charge is 0.486 e. The van der Waals surface area contributed by atoms with Crippen LogP contribution in [0, 0.1) is 5.82 Å². The minimum atomic E-state index is -0.345. The van der Waals surface area contributed by atoms with E-state index in [1.165, 1.54) is 6.07 Å². The third-order valence-corrected chi connectivity index (χ3v) is 2.64. The van der Waals surface area contributed by atoms with Gasteiger partial charge in [0.25, 0.3) is 0 Å². The molecule has 0 radical (unpaired) electrons. The Morgan fingerprint density at radius 3 is 2.59 bits per heavy atom. The van der Waals surface area contributed by atoms with Crippen LogP contribution in [0.1, 0.15) is 27.7 Å². The van der Waals surface area contributed by atoms with Crippen molar-refractivity contribution in [3.63, 3.8) is 0 Å². The molecule has 0 fully saturated rings. The van der Waals surface area contributed by atoms with Gasteiger partial charge in [-0.05, 0) is 45.9 Å². The summed E-state index contributed by atoms with van der Waals surface area (Å²) in [5.74, 6) is -0.0570. The van der Waals surface area contributed by atoms with Crippen LogP contribution in [0.2, 0.25) is 0 Å². The molecule has 0 aliphatic heterocycles. The van der Waals surface area contributed by atoms with E-state index in [1.807, 2.05) is 6.92 Å². The molecule has 1 rings (SSSR count). The van der Waals surface area contributed by atoms with Crippen molar-refractivity contribution >= 4 is 15.9 Å². The molecule has 0 aliphatic carbocycles. The van der Waals surface area contributed by atoms with Crippen LogP contribution in [-0.4, -0.2) is 18.2 Å². The van der Waals surface area contributed by atoms with Crippen LogP contribution in [0.4, 0.5) is 4.39 Å². The maximum absolute atomic E-state index is 13.5. The molecule has 0 bridgehead atoms. The van der Waals surface area contributed by atoms with Crippen LogP contribution in [0.15, 0.2) is 22.7 Å². The van der Waals surface area contributed by atoms with Crippen LogP contribution in [0.25, 0.3) is 0 Å². The van der Waals surface area contributed by atoms with Gasteiger partial charge in [0.05, 0.1) is 0 Å². The minimum absolute atomic E-state index is 0.0376. The van der Waals surface area contributed by atoms with E-state index in [2.05, 4.69) is 42.0 Å². The summed E-state index contributed by atoms with van der Waals surface area (Å²) >= 11 is 3.21. The van der Waals surface area contributed by atoms with Gasteiger partial charge in [-0.15, -0.1) is 0 Å². The molecule has 96 valence electrons. The van der Waals surface area contributed by atoms with E-state index in [-0.39, 0.29) is 23.2 Å². The third kappa shape index (κ3) is 5.50. The maximum Gasteiger partial charge on any atom is 0.166 e. The Morgan fingerprint density at radius 1 is 1.41 bits per heavy atom. The van der Waals surface area contributed by atoms with Gasteiger partial charge in [0, 0.05) is 16.6 Å². The second-order valence-electron chi connectivity index (χ2n) is 5.13. The number of hydrogen-bond donors (Lipinski definition) is 1. The fraction of sp³-hybridized carbons (Fsp3) is 0.538. The summed E-state index contributed by atoms with van der Waals surface area (Å²) in [6.07, 6.45) is -0.0788. The second-order valence-corrected chi connectivity index (χ2v) is 6.05. The van der Waals surface area contributed by atoms with Crippen molar-refractivity contribution < 1.29 is 9.13 Å². The predicted molar refractivity (Wildman–Crippen MR) is 71.9 cm³/mol. The van der Waals surface area contributed by atoms with Gasteiger partial charge in [-0.1, -0.05) is 15.9 Å². The van der Waals surface area contributed by atoms with Gasteiger partial charge in [0.2, 0.25) is 0 Å². The first-order valence-corrected chi connectivity index (χ1v) is 6.44. The molecule has 0 amide bonds. The molecule has 0 aromatic heterocycles. The molecule has 0 saturated carbocycles. The van der Waals surface area contributed by atoms with Crippen LogP contribution in [-0.2, 0) is 0 Å². The second kappa shape index (κ2) is 5.83. The highest BCUT2D eigenvalue weighted by Crippen LogP contribution is 2.22. The lowest BCUT2D eigenvalue weighted by molar-refractivity contribution is 0.195. The Morgan fingerprint density at radius 2 is 2.06 bits per heavy atom. The average molecular weight is 304 g/mol. The van der Waals surface area contributed by atoms with Crippen molar-refractivity contribution in [1.82, 2.24) is 5.32 Å². The zero-order valence-corrected chi connectivity index (χ0v) is 12.3. The van der Waals surface area contributed by atoms with Crippen molar-refractivity contribution in [2.75, 3.05) is 6.54 Å². The Hall–Kier alpha value is -0.610. The number of nitrogens with one attached hydrogen (secondary N) is 1. The zero-order chi connectivity index (χ0) is 13.1. The van der Waals surface area contributed by atoms with Gasteiger partial charge in [-0.25, -0.2) is 4.39 Å². The lowest BCUT2D eigenvalue weighted by Crippen LogP contribution is -2.41. The quantitative estimate of drug-likeness (QED) is 0.915. The van der Waals surface area contributed by atoms with Gasteiger partial charge in [-0.3, -0.25) is 0 Å². The predicted octanol–water partition coefficient (Wildman–Crippen LogP) is 3.74. The van der Waals surface area contributed by atoms with Gasteiger partial charge >= 0.3 is 0 Å². The first-order valence-electron chi connectivity index (χ1n) is 5.64. The molecule has 1 unspecified atom stereocenters. The number of rotatable bonds is 4.